The van der Waals surface area contributed by atoms with Crippen molar-refractivity contribution < 1.29 is 9.53 Å². The van der Waals surface area contributed by atoms with Crippen molar-refractivity contribution in [1.82, 2.24) is 4.98 Å². The predicted octanol–water partition coefficient (Wildman–Crippen LogP) is 1.34. The first-order chi connectivity index (χ1) is 7.02. The molecule has 1 heterocycles. The van der Waals surface area contributed by atoms with Gasteiger partial charge in [-0.15, -0.1) is 0 Å². The molecule has 82 valence electrons. The molecular formula is C11H15NO3. The number of hydrogen-bond acceptors (Lipinski definition) is 3. The molecule has 0 aliphatic carbocycles. The van der Waals surface area contributed by atoms with Crippen molar-refractivity contribution in [3.63, 3.8) is 0 Å². The minimum atomic E-state index is -0.573. The molecule has 0 atom stereocenters. The van der Waals surface area contributed by atoms with Crippen LogP contribution in [0.25, 0.3) is 0 Å². The van der Waals surface area contributed by atoms with E-state index in [1.54, 1.807) is 6.92 Å². The van der Waals surface area contributed by atoms with Gasteiger partial charge in [-0.05, 0) is 20.3 Å². The number of pyridine rings is 1. The zero-order valence-corrected chi connectivity index (χ0v) is 9.43. The number of methoxy groups -OCH3 is 1. The second kappa shape index (κ2) is 4.29. The minimum Gasteiger partial charge on any atom is -0.465 e. The summed E-state index contributed by atoms with van der Waals surface area (Å²) >= 11 is 0. The Hall–Kier alpha value is -1.58. The van der Waals surface area contributed by atoms with E-state index in [1.165, 1.54) is 7.11 Å². The molecule has 4 heteroatoms. The summed E-state index contributed by atoms with van der Waals surface area (Å²) in [5.74, 6) is -0.573. The molecule has 1 aromatic heterocycles. The van der Waals surface area contributed by atoms with Crippen LogP contribution < -0.4 is 5.43 Å². The van der Waals surface area contributed by atoms with Crippen LogP contribution in [0, 0.1) is 13.8 Å². The van der Waals surface area contributed by atoms with Gasteiger partial charge in [-0.2, -0.15) is 0 Å². The Labute approximate surface area is 88.3 Å². The van der Waals surface area contributed by atoms with E-state index in [4.69, 9.17) is 0 Å². The van der Waals surface area contributed by atoms with Crippen LogP contribution in [0.5, 0.6) is 0 Å². The van der Waals surface area contributed by atoms with Gasteiger partial charge in [0.25, 0.3) is 0 Å². The van der Waals surface area contributed by atoms with Crippen molar-refractivity contribution in [2.45, 2.75) is 27.2 Å². The van der Waals surface area contributed by atoms with Crippen LogP contribution in [0.15, 0.2) is 4.79 Å². The third kappa shape index (κ3) is 1.93. The standard InChI is InChI=1S/C11H15NO3/c1-5-8-9(11(14)15-4)10(13)6(2)7(3)12-8/h5H2,1-4H3,(H,12,13). The number of carbonyl (C=O) groups excluding carboxylic acids is 1. The number of aryl methyl sites for hydroxylation is 2. The van der Waals surface area contributed by atoms with E-state index >= 15 is 0 Å². The largest absolute Gasteiger partial charge is 0.465 e. The Kier molecular flexibility index (Phi) is 3.29. The average molecular weight is 209 g/mol. The third-order valence-electron chi connectivity index (χ3n) is 2.51. The monoisotopic (exact) mass is 209 g/mol. The molecule has 0 aromatic carbocycles. The molecule has 0 saturated carbocycles. The number of esters is 1. The lowest BCUT2D eigenvalue weighted by Gasteiger charge is -2.09. The molecule has 0 aliphatic rings. The summed E-state index contributed by atoms with van der Waals surface area (Å²) in [6.07, 6.45) is 0.598. The lowest BCUT2D eigenvalue weighted by atomic mass is 10.1. The molecule has 1 N–H and O–H groups in total. The summed E-state index contributed by atoms with van der Waals surface area (Å²) in [6, 6.07) is 0. The highest BCUT2D eigenvalue weighted by Crippen LogP contribution is 2.08. The summed E-state index contributed by atoms with van der Waals surface area (Å²) in [5.41, 5.74) is 1.88. The van der Waals surface area contributed by atoms with Gasteiger partial charge in [-0.25, -0.2) is 4.79 Å². The lowest BCUT2D eigenvalue weighted by Crippen LogP contribution is -2.23. The summed E-state index contributed by atoms with van der Waals surface area (Å²) < 4.78 is 4.60. The van der Waals surface area contributed by atoms with E-state index in [2.05, 4.69) is 9.72 Å². The quantitative estimate of drug-likeness (QED) is 0.748. The highest BCUT2D eigenvalue weighted by atomic mass is 16.5. The van der Waals surface area contributed by atoms with Crippen molar-refractivity contribution in [2.75, 3.05) is 7.11 Å². The molecule has 4 nitrogen and oxygen atoms in total. The number of nitrogens with one attached hydrogen (secondary N) is 1. The first-order valence-electron chi connectivity index (χ1n) is 4.83. The second-order valence-electron chi connectivity index (χ2n) is 3.40. The number of carbonyl (C=O) groups is 1. The van der Waals surface area contributed by atoms with E-state index in [9.17, 15) is 9.59 Å². The fraction of sp³-hybridized carbons (Fsp3) is 0.455. The van der Waals surface area contributed by atoms with Crippen LogP contribution >= 0.6 is 0 Å². The number of aromatic amines is 1. The highest BCUT2D eigenvalue weighted by Gasteiger charge is 2.18. The van der Waals surface area contributed by atoms with Crippen LogP contribution in [-0.2, 0) is 11.2 Å². The van der Waals surface area contributed by atoms with E-state index < -0.39 is 5.97 Å². The maximum atomic E-state index is 11.8. The molecular weight excluding hydrogens is 194 g/mol. The number of H-pyrrole nitrogens is 1. The molecule has 15 heavy (non-hydrogen) atoms. The molecule has 1 rings (SSSR count). The zero-order valence-electron chi connectivity index (χ0n) is 9.43. The predicted molar refractivity (Wildman–Crippen MR) is 57.3 cm³/mol. The minimum absolute atomic E-state index is 0.128. The lowest BCUT2D eigenvalue weighted by molar-refractivity contribution is 0.0597. The van der Waals surface area contributed by atoms with Gasteiger partial charge >= 0.3 is 5.97 Å². The Morgan fingerprint density at radius 1 is 1.40 bits per heavy atom. The van der Waals surface area contributed by atoms with Crippen molar-refractivity contribution >= 4 is 5.97 Å². The Morgan fingerprint density at radius 3 is 2.47 bits per heavy atom. The van der Waals surface area contributed by atoms with E-state index in [1.807, 2.05) is 13.8 Å². The van der Waals surface area contributed by atoms with Gasteiger partial charge < -0.3 is 9.72 Å². The third-order valence-corrected chi connectivity index (χ3v) is 2.51. The fourth-order valence-electron chi connectivity index (χ4n) is 1.46. The maximum absolute atomic E-state index is 11.8. The van der Waals surface area contributed by atoms with Crippen LogP contribution in [0.2, 0.25) is 0 Å². The van der Waals surface area contributed by atoms with Gasteiger partial charge in [0, 0.05) is 17.0 Å². The first kappa shape index (κ1) is 11.5. The molecule has 0 aliphatic heterocycles. The molecule has 0 saturated heterocycles. The first-order valence-corrected chi connectivity index (χ1v) is 4.83. The van der Waals surface area contributed by atoms with E-state index in [0.29, 0.717) is 17.7 Å². The van der Waals surface area contributed by atoms with Crippen molar-refractivity contribution in [3.8, 4) is 0 Å². The van der Waals surface area contributed by atoms with Crippen LogP contribution in [0.4, 0.5) is 0 Å². The highest BCUT2D eigenvalue weighted by molar-refractivity contribution is 5.90. The Morgan fingerprint density at radius 2 is 2.00 bits per heavy atom. The average Bonchev–Trinajstić information content (AvgIpc) is 2.24. The summed E-state index contributed by atoms with van der Waals surface area (Å²) in [4.78, 5) is 26.3. The molecule has 0 bridgehead atoms. The molecule has 1 aromatic rings. The van der Waals surface area contributed by atoms with Gasteiger partial charge in [-0.3, -0.25) is 4.79 Å². The molecule has 0 fully saturated rings. The smallest absolute Gasteiger partial charge is 0.343 e. The summed E-state index contributed by atoms with van der Waals surface area (Å²) in [7, 11) is 1.27. The van der Waals surface area contributed by atoms with Crippen LogP contribution in [0.3, 0.4) is 0 Å². The van der Waals surface area contributed by atoms with Gasteiger partial charge in [0.1, 0.15) is 5.56 Å². The zero-order chi connectivity index (χ0) is 11.6. The molecule has 0 amide bonds. The van der Waals surface area contributed by atoms with Crippen molar-refractivity contribution in [3.05, 3.63) is 32.7 Å². The van der Waals surface area contributed by atoms with E-state index in [-0.39, 0.29) is 11.0 Å². The SMILES string of the molecule is CCc1[nH]c(C)c(C)c(=O)c1C(=O)OC. The fourth-order valence-corrected chi connectivity index (χ4v) is 1.46. The Bertz CT molecular complexity index is 446. The van der Waals surface area contributed by atoms with Gasteiger partial charge in [0.05, 0.1) is 7.11 Å². The van der Waals surface area contributed by atoms with Gasteiger partial charge in [0.2, 0.25) is 0 Å². The number of rotatable bonds is 2. The normalized spacial score (nSPS) is 10.1. The molecule has 0 radical (unpaired) electrons. The van der Waals surface area contributed by atoms with Crippen molar-refractivity contribution in [2.24, 2.45) is 0 Å². The number of aromatic nitrogens is 1. The summed E-state index contributed by atoms with van der Waals surface area (Å²) in [5, 5.41) is 0. The number of hydrogen-bond donors (Lipinski definition) is 1. The molecule has 0 spiro atoms. The second-order valence-corrected chi connectivity index (χ2v) is 3.40. The van der Waals surface area contributed by atoms with E-state index in [0.717, 1.165) is 5.69 Å². The van der Waals surface area contributed by atoms with Crippen LogP contribution in [0.1, 0.15) is 34.2 Å². The topological polar surface area (TPSA) is 59.2 Å². The van der Waals surface area contributed by atoms with Crippen LogP contribution in [-0.4, -0.2) is 18.1 Å². The Balaban J connectivity index is 3.55. The van der Waals surface area contributed by atoms with Gasteiger partial charge in [-0.1, -0.05) is 6.92 Å². The molecule has 0 unspecified atom stereocenters. The maximum Gasteiger partial charge on any atom is 0.343 e. The number of ether oxygens (including phenoxy) is 1. The van der Waals surface area contributed by atoms with Crippen molar-refractivity contribution in [1.29, 1.82) is 0 Å². The van der Waals surface area contributed by atoms with Gasteiger partial charge in [0.15, 0.2) is 5.43 Å². The summed E-state index contributed by atoms with van der Waals surface area (Å²) in [6.45, 7) is 5.39.